The molecule has 0 aliphatic rings. The van der Waals surface area contributed by atoms with Crippen molar-refractivity contribution >= 4 is 10.0 Å². The van der Waals surface area contributed by atoms with Gasteiger partial charge in [0, 0.05) is 19.1 Å². The molecule has 2 N–H and O–H groups in total. The van der Waals surface area contributed by atoms with Crippen molar-refractivity contribution in [2.75, 3.05) is 18.8 Å². The highest BCUT2D eigenvalue weighted by Gasteiger charge is 2.10. The van der Waals surface area contributed by atoms with Crippen molar-refractivity contribution in [2.24, 2.45) is 0 Å². The second-order valence-electron chi connectivity index (χ2n) is 3.89. The van der Waals surface area contributed by atoms with Gasteiger partial charge in [0.25, 0.3) is 0 Å². The van der Waals surface area contributed by atoms with E-state index in [1.165, 1.54) is 6.07 Å². The summed E-state index contributed by atoms with van der Waals surface area (Å²) in [5.74, 6) is -0.382. The van der Waals surface area contributed by atoms with E-state index < -0.39 is 10.0 Å². The molecule has 0 saturated carbocycles. The van der Waals surface area contributed by atoms with Crippen molar-refractivity contribution in [3.05, 3.63) is 29.8 Å². The van der Waals surface area contributed by atoms with Crippen LogP contribution < -0.4 is 10.0 Å². The number of sulfonamides is 1. The van der Waals surface area contributed by atoms with Crippen LogP contribution in [0.4, 0.5) is 4.39 Å². The summed E-state index contributed by atoms with van der Waals surface area (Å²) in [5.41, 5.74) is 0.678. The zero-order valence-corrected chi connectivity index (χ0v) is 11.3. The van der Waals surface area contributed by atoms with Gasteiger partial charge in [0.05, 0.1) is 17.6 Å². The molecule has 1 rings (SSSR count). The van der Waals surface area contributed by atoms with Gasteiger partial charge in [-0.15, -0.1) is 0 Å². The highest BCUT2D eigenvalue weighted by Crippen LogP contribution is 2.08. The van der Waals surface area contributed by atoms with E-state index in [0.717, 1.165) is 6.20 Å². The molecule has 0 aromatic carbocycles. The summed E-state index contributed by atoms with van der Waals surface area (Å²) in [5, 5.41) is 3.03. The van der Waals surface area contributed by atoms with Crippen LogP contribution in [0, 0.1) is 5.82 Å². The lowest BCUT2D eigenvalue weighted by atomic mass is 10.2. The van der Waals surface area contributed by atoms with Crippen LogP contribution in [0.25, 0.3) is 0 Å². The molecule has 0 radical (unpaired) electrons. The largest absolute Gasteiger partial charge is 0.308 e. The fourth-order valence-corrected chi connectivity index (χ4v) is 2.42. The lowest BCUT2D eigenvalue weighted by molar-refractivity contribution is 0.555. The fraction of sp³-hybridized carbons (Fsp3) is 0.545. The van der Waals surface area contributed by atoms with E-state index >= 15 is 0 Å². The molecule has 0 spiro atoms. The van der Waals surface area contributed by atoms with Crippen LogP contribution >= 0.6 is 0 Å². The van der Waals surface area contributed by atoms with Gasteiger partial charge in [-0.05, 0) is 19.1 Å². The number of rotatable bonds is 7. The first-order chi connectivity index (χ1) is 8.44. The van der Waals surface area contributed by atoms with Crippen LogP contribution in [-0.2, 0) is 10.0 Å². The molecule has 1 atom stereocenters. The van der Waals surface area contributed by atoms with E-state index in [0.29, 0.717) is 18.8 Å². The lowest BCUT2D eigenvalue weighted by Crippen LogP contribution is -2.32. The first-order valence-electron chi connectivity index (χ1n) is 5.77. The van der Waals surface area contributed by atoms with Crippen molar-refractivity contribution in [2.45, 2.75) is 19.9 Å². The summed E-state index contributed by atoms with van der Waals surface area (Å²) in [6.45, 7) is 4.28. The van der Waals surface area contributed by atoms with Crippen LogP contribution in [0.15, 0.2) is 18.3 Å². The molecule has 18 heavy (non-hydrogen) atoms. The highest BCUT2D eigenvalue weighted by atomic mass is 32.2. The van der Waals surface area contributed by atoms with Gasteiger partial charge in [0.2, 0.25) is 10.0 Å². The minimum absolute atomic E-state index is 0.00632. The molecule has 1 heterocycles. The smallest absolute Gasteiger partial charge is 0.212 e. The van der Waals surface area contributed by atoms with E-state index in [1.807, 2.05) is 6.92 Å². The normalized spacial score (nSPS) is 13.5. The molecule has 0 fully saturated rings. The average molecular weight is 275 g/mol. The second kappa shape index (κ2) is 6.77. The molecule has 0 amide bonds. The van der Waals surface area contributed by atoms with E-state index in [9.17, 15) is 12.8 Å². The van der Waals surface area contributed by atoms with Crippen LogP contribution in [0.5, 0.6) is 0 Å². The first-order valence-corrected chi connectivity index (χ1v) is 7.42. The molecular weight excluding hydrogens is 257 g/mol. The summed E-state index contributed by atoms with van der Waals surface area (Å²) >= 11 is 0. The maximum Gasteiger partial charge on any atom is 0.212 e. The van der Waals surface area contributed by atoms with Gasteiger partial charge < -0.3 is 5.32 Å². The van der Waals surface area contributed by atoms with E-state index in [1.54, 1.807) is 13.0 Å². The Bertz CT molecular complexity index is 462. The molecule has 1 aromatic heterocycles. The van der Waals surface area contributed by atoms with Gasteiger partial charge in [-0.1, -0.05) is 6.92 Å². The van der Waals surface area contributed by atoms with Crippen LogP contribution in [0.2, 0.25) is 0 Å². The van der Waals surface area contributed by atoms with Crippen molar-refractivity contribution in [1.29, 1.82) is 0 Å². The Balaban J connectivity index is 2.42. The number of pyridine rings is 1. The van der Waals surface area contributed by atoms with Gasteiger partial charge in [0.15, 0.2) is 0 Å². The molecular formula is C11H18FN3O2S. The van der Waals surface area contributed by atoms with Crippen molar-refractivity contribution < 1.29 is 12.8 Å². The van der Waals surface area contributed by atoms with E-state index in [2.05, 4.69) is 15.0 Å². The summed E-state index contributed by atoms with van der Waals surface area (Å²) in [7, 11) is -3.21. The van der Waals surface area contributed by atoms with E-state index in [4.69, 9.17) is 0 Å². The Morgan fingerprint density at radius 2 is 2.17 bits per heavy atom. The summed E-state index contributed by atoms with van der Waals surface area (Å²) in [6, 6.07) is 2.78. The van der Waals surface area contributed by atoms with Crippen molar-refractivity contribution in [3.8, 4) is 0 Å². The van der Waals surface area contributed by atoms with Crippen LogP contribution in [0.1, 0.15) is 25.6 Å². The lowest BCUT2D eigenvalue weighted by Gasteiger charge is -2.13. The number of halogens is 1. The quantitative estimate of drug-likeness (QED) is 0.772. The van der Waals surface area contributed by atoms with Crippen LogP contribution in [-0.4, -0.2) is 32.2 Å². The third-order valence-electron chi connectivity index (χ3n) is 2.38. The maximum absolute atomic E-state index is 12.7. The fourth-order valence-electron chi connectivity index (χ4n) is 1.45. The molecule has 0 bridgehead atoms. The summed E-state index contributed by atoms with van der Waals surface area (Å²) in [6.07, 6.45) is 1.14. The zero-order chi connectivity index (χ0) is 13.6. The van der Waals surface area contributed by atoms with Gasteiger partial charge >= 0.3 is 0 Å². The van der Waals surface area contributed by atoms with Crippen molar-refractivity contribution in [1.82, 2.24) is 15.0 Å². The molecule has 0 saturated heterocycles. The maximum atomic E-state index is 12.7. The Labute approximate surface area is 107 Å². The second-order valence-corrected chi connectivity index (χ2v) is 5.82. The Hall–Kier alpha value is -1.05. The molecule has 1 unspecified atom stereocenters. The molecule has 0 aliphatic carbocycles. The van der Waals surface area contributed by atoms with Crippen molar-refractivity contribution in [3.63, 3.8) is 0 Å². The Morgan fingerprint density at radius 1 is 1.44 bits per heavy atom. The number of nitrogens with one attached hydrogen (secondary N) is 2. The molecule has 1 aromatic rings. The molecule has 102 valence electrons. The van der Waals surface area contributed by atoms with Crippen LogP contribution in [0.3, 0.4) is 0 Å². The minimum Gasteiger partial charge on any atom is -0.308 e. The number of nitrogens with zero attached hydrogens (tertiary/aromatic N) is 1. The number of hydrogen-bond donors (Lipinski definition) is 2. The third kappa shape index (κ3) is 5.07. The van der Waals surface area contributed by atoms with Gasteiger partial charge in [-0.25, -0.2) is 17.5 Å². The predicted octanol–water partition coefficient (Wildman–Crippen LogP) is 0.811. The number of aromatic nitrogens is 1. The Morgan fingerprint density at radius 3 is 2.72 bits per heavy atom. The molecule has 7 heteroatoms. The predicted molar refractivity (Wildman–Crippen MR) is 68.1 cm³/mol. The van der Waals surface area contributed by atoms with E-state index in [-0.39, 0.29) is 17.6 Å². The van der Waals surface area contributed by atoms with Gasteiger partial charge in [0.1, 0.15) is 5.82 Å². The SMILES string of the molecule is CCNS(=O)(=O)CCNC(C)c1ccc(F)cn1. The molecule has 0 aliphatic heterocycles. The zero-order valence-electron chi connectivity index (χ0n) is 10.5. The van der Waals surface area contributed by atoms with Gasteiger partial charge in [-0.3, -0.25) is 4.98 Å². The topological polar surface area (TPSA) is 71.1 Å². The minimum atomic E-state index is -3.21. The monoisotopic (exact) mass is 275 g/mol. The third-order valence-corrected chi connectivity index (χ3v) is 3.85. The first kappa shape index (κ1) is 15.0. The summed E-state index contributed by atoms with van der Waals surface area (Å²) in [4.78, 5) is 3.93. The summed E-state index contributed by atoms with van der Waals surface area (Å²) < 4.78 is 37.8. The molecule has 5 nitrogen and oxygen atoms in total. The highest BCUT2D eigenvalue weighted by molar-refractivity contribution is 7.89. The van der Waals surface area contributed by atoms with Gasteiger partial charge in [-0.2, -0.15) is 0 Å². The number of hydrogen-bond acceptors (Lipinski definition) is 4. The standard InChI is InChI=1S/C11H18FN3O2S/c1-3-15-18(16,17)7-6-13-9(2)11-5-4-10(12)8-14-11/h4-5,8-9,13,15H,3,6-7H2,1-2H3. The Kier molecular flexibility index (Phi) is 5.64. The average Bonchev–Trinajstić information content (AvgIpc) is 2.29.